The Kier molecular flexibility index (Phi) is 4.30. The van der Waals surface area contributed by atoms with Gasteiger partial charge < -0.3 is 9.84 Å². The maximum Gasteiger partial charge on any atom is 0.349 e. The number of benzene rings is 2. The molecule has 0 aliphatic carbocycles. The number of rotatable bonds is 4. The first-order chi connectivity index (χ1) is 9.49. The van der Waals surface area contributed by atoms with Crippen molar-refractivity contribution in [2.24, 2.45) is 0 Å². The van der Waals surface area contributed by atoms with Crippen molar-refractivity contribution in [1.82, 2.24) is 0 Å². The molecule has 0 heterocycles. The van der Waals surface area contributed by atoms with E-state index in [2.05, 4.69) is 0 Å². The van der Waals surface area contributed by atoms with E-state index in [-0.39, 0.29) is 0 Å². The van der Waals surface area contributed by atoms with Crippen LogP contribution in [0.1, 0.15) is 22.8 Å². The Morgan fingerprint density at radius 1 is 1.15 bits per heavy atom. The summed E-state index contributed by atoms with van der Waals surface area (Å²) in [5, 5.41) is 10.0. The second kappa shape index (κ2) is 5.97. The van der Waals surface area contributed by atoms with Crippen LogP contribution >= 0.6 is 11.6 Å². The normalized spacial score (nSPS) is 11.9. The summed E-state index contributed by atoms with van der Waals surface area (Å²) in [6.45, 7) is 3.72. The van der Waals surface area contributed by atoms with Crippen molar-refractivity contribution in [3.8, 4) is 5.75 Å². The molecule has 1 atom stereocenters. The van der Waals surface area contributed by atoms with Gasteiger partial charge in [0.25, 0.3) is 0 Å². The number of ether oxygens (including phenoxy) is 1. The van der Waals surface area contributed by atoms with Gasteiger partial charge in [-0.1, -0.05) is 41.9 Å². The van der Waals surface area contributed by atoms with E-state index in [4.69, 9.17) is 16.3 Å². The van der Waals surface area contributed by atoms with Crippen LogP contribution < -0.4 is 4.74 Å². The minimum atomic E-state index is -1.03. The molecule has 4 heteroatoms. The number of hydrogen-bond donors (Lipinski definition) is 1. The van der Waals surface area contributed by atoms with Crippen LogP contribution in [0.5, 0.6) is 5.75 Å². The first-order valence-electron chi connectivity index (χ1n) is 6.20. The van der Waals surface area contributed by atoms with Gasteiger partial charge in [0.1, 0.15) is 5.75 Å². The molecule has 0 saturated heterocycles. The largest absolute Gasteiger partial charge is 0.478 e. The SMILES string of the molecule is Cc1cc(OC(C(=O)O)c2ccccc2)cc(C)c1Cl. The van der Waals surface area contributed by atoms with E-state index < -0.39 is 12.1 Å². The van der Waals surface area contributed by atoms with Crippen LogP contribution in [0.25, 0.3) is 0 Å². The van der Waals surface area contributed by atoms with Gasteiger partial charge in [0.2, 0.25) is 6.10 Å². The summed E-state index contributed by atoms with van der Waals surface area (Å²) in [6.07, 6.45) is -1.03. The van der Waals surface area contributed by atoms with E-state index in [0.29, 0.717) is 16.3 Å². The van der Waals surface area contributed by atoms with Gasteiger partial charge in [0, 0.05) is 10.6 Å². The molecule has 0 fully saturated rings. The summed E-state index contributed by atoms with van der Waals surface area (Å²) in [5.41, 5.74) is 2.32. The Balaban J connectivity index is 2.32. The van der Waals surface area contributed by atoms with Gasteiger partial charge in [0.15, 0.2) is 0 Å². The van der Waals surface area contributed by atoms with Crippen molar-refractivity contribution in [3.63, 3.8) is 0 Å². The number of hydrogen-bond acceptors (Lipinski definition) is 2. The Morgan fingerprint density at radius 3 is 2.20 bits per heavy atom. The molecule has 2 aromatic carbocycles. The number of halogens is 1. The highest BCUT2D eigenvalue weighted by Gasteiger charge is 2.22. The Morgan fingerprint density at radius 2 is 1.70 bits per heavy atom. The maximum absolute atomic E-state index is 11.4. The number of carboxylic acid groups (broad SMARTS) is 1. The smallest absolute Gasteiger partial charge is 0.349 e. The summed E-state index contributed by atoms with van der Waals surface area (Å²) in [6, 6.07) is 12.4. The first-order valence-corrected chi connectivity index (χ1v) is 6.58. The maximum atomic E-state index is 11.4. The molecule has 0 saturated carbocycles. The van der Waals surface area contributed by atoms with Crippen LogP contribution in [-0.4, -0.2) is 11.1 Å². The molecule has 0 amide bonds. The number of carbonyl (C=O) groups is 1. The fourth-order valence-corrected chi connectivity index (χ4v) is 2.11. The predicted octanol–water partition coefficient (Wildman–Crippen LogP) is 4.16. The molecule has 0 aromatic heterocycles. The van der Waals surface area contributed by atoms with Crippen molar-refractivity contribution in [2.75, 3.05) is 0 Å². The summed E-state index contributed by atoms with van der Waals surface area (Å²) in [5.74, 6) is -0.526. The van der Waals surface area contributed by atoms with Gasteiger partial charge in [-0.2, -0.15) is 0 Å². The van der Waals surface area contributed by atoms with Crippen LogP contribution in [0.15, 0.2) is 42.5 Å². The van der Waals surface area contributed by atoms with Crippen LogP contribution in [0, 0.1) is 13.8 Å². The molecule has 1 unspecified atom stereocenters. The van der Waals surface area contributed by atoms with Crippen LogP contribution in [0.2, 0.25) is 5.02 Å². The zero-order chi connectivity index (χ0) is 14.7. The van der Waals surface area contributed by atoms with Crippen molar-refractivity contribution >= 4 is 17.6 Å². The van der Waals surface area contributed by atoms with Crippen LogP contribution in [0.4, 0.5) is 0 Å². The van der Waals surface area contributed by atoms with Crippen molar-refractivity contribution < 1.29 is 14.6 Å². The van der Waals surface area contributed by atoms with Crippen molar-refractivity contribution in [1.29, 1.82) is 0 Å². The highest BCUT2D eigenvalue weighted by atomic mass is 35.5. The van der Waals surface area contributed by atoms with E-state index in [0.717, 1.165) is 11.1 Å². The second-order valence-corrected chi connectivity index (χ2v) is 5.00. The fraction of sp³-hybridized carbons (Fsp3) is 0.188. The lowest BCUT2D eigenvalue weighted by Crippen LogP contribution is -2.18. The van der Waals surface area contributed by atoms with E-state index in [1.165, 1.54) is 0 Å². The predicted molar refractivity (Wildman–Crippen MR) is 78.4 cm³/mol. The quantitative estimate of drug-likeness (QED) is 0.919. The van der Waals surface area contributed by atoms with Crippen LogP contribution in [0.3, 0.4) is 0 Å². The van der Waals surface area contributed by atoms with Gasteiger partial charge >= 0.3 is 5.97 Å². The Hall–Kier alpha value is -2.00. The van der Waals surface area contributed by atoms with E-state index >= 15 is 0 Å². The molecule has 0 spiro atoms. The Labute approximate surface area is 122 Å². The molecule has 0 bridgehead atoms. The monoisotopic (exact) mass is 290 g/mol. The zero-order valence-electron chi connectivity index (χ0n) is 11.3. The third-order valence-corrected chi connectivity index (χ3v) is 3.59. The van der Waals surface area contributed by atoms with Gasteiger partial charge in [0.05, 0.1) is 0 Å². The van der Waals surface area contributed by atoms with E-state index in [1.807, 2.05) is 19.9 Å². The highest BCUT2D eigenvalue weighted by Crippen LogP contribution is 2.29. The molecule has 2 rings (SSSR count). The topological polar surface area (TPSA) is 46.5 Å². The molecule has 1 N–H and O–H groups in total. The lowest BCUT2D eigenvalue weighted by atomic mass is 10.1. The van der Waals surface area contributed by atoms with Gasteiger partial charge in [-0.25, -0.2) is 4.79 Å². The van der Waals surface area contributed by atoms with Crippen molar-refractivity contribution in [3.05, 3.63) is 64.2 Å². The van der Waals surface area contributed by atoms with Crippen molar-refractivity contribution in [2.45, 2.75) is 20.0 Å². The molecular formula is C16H15ClO3. The minimum Gasteiger partial charge on any atom is -0.478 e. The summed E-state index contributed by atoms with van der Waals surface area (Å²) >= 11 is 6.09. The zero-order valence-corrected chi connectivity index (χ0v) is 12.0. The molecule has 0 aliphatic rings. The standard InChI is InChI=1S/C16H15ClO3/c1-10-8-13(9-11(2)14(10)17)20-15(16(18)19)12-6-4-3-5-7-12/h3-9,15H,1-2H3,(H,18,19). The summed E-state index contributed by atoms with van der Waals surface area (Å²) in [4.78, 5) is 11.4. The molecule has 3 nitrogen and oxygen atoms in total. The molecule has 20 heavy (non-hydrogen) atoms. The lowest BCUT2D eigenvalue weighted by Gasteiger charge is -2.17. The summed E-state index contributed by atoms with van der Waals surface area (Å²) in [7, 11) is 0. The second-order valence-electron chi connectivity index (χ2n) is 4.62. The molecule has 0 aliphatic heterocycles. The molecule has 0 radical (unpaired) electrons. The molecule has 2 aromatic rings. The number of aryl methyl sites for hydroxylation is 2. The fourth-order valence-electron chi connectivity index (χ4n) is 2.00. The van der Waals surface area contributed by atoms with Crippen LogP contribution in [-0.2, 0) is 4.79 Å². The molecule has 104 valence electrons. The highest BCUT2D eigenvalue weighted by molar-refractivity contribution is 6.32. The Bertz CT molecular complexity index is 600. The van der Waals surface area contributed by atoms with E-state index in [1.54, 1.807) is 36.4 Å². The minimum absolute atomic E-state index is 0.501. The number of carboxylic acids is 1. The summed E-state index contributed by atoms with van der Waals surface area (Å²) < 4.78 is 5.62. The first kappa shape index (κ1) is 14.4. The average molecular weight is 291 g/mol. The van der Waals surface area contributed by atoms with Gasteiger partial charge in [-0.05, 0) is 37.1 Å². The van der Waals surface area contributed by atoms with E-state index in [9.17, 15) is 9.90 Å². The molecular weight excluding hydrogens is 276 g/mol. The lowest BCUT2D eigenvalue weighted by molar-refractivity contribution is -0.145. The third-order valence-electron chi connectivity index (χ3n) is 2.99. The van der Waals surface area contributed by atoms with Gasteiger partial charge in [-0.15, -0.1) is 0 Å². The average Bonchev–Trinajstić information content (AvgIpc) is 2.42. The third kappa shape index (κ3) is 3.11. The van der Waals surface area contributed by atoms with Gasteiger partial charge in [-0.3, -0.25) is 0 Å². The number of aliphatic carboxylic acids is 1.